The van der Waals surface area contributed by atoms with E-state index in [1.807, 2.05) is 24.3 Å². The van der Waals surface area contributed by atoms with Crippen LogP contribution in [0.2, 0.25) is 0 Å². The normalized spacial score (nSPS) is 12.2. The van der Waals surface area contributed by atoms with Gasteiger partial charge in [0.05, 0.1) is 0 Å². The Balaban J connectivity index is 0.000000281. The first kappa shape index (κ1) is 41.5. The van der Waals surface area contributed by atoms with Gasteiger partial charge >= 0.3 is 135 Å². The molecule has 5 heteroatoms. The Bertz CT molecular complexity index is 1640. The van der Waals surface area contributed by atoms with Gasteiger partial charge in [-0.1, -0.05) is 76.3 Å². The molecule has 6 rings (SSSR count). The van der Waals surface area contributed by atoms with Crippen molar-refractivity contribution in [3.8, 4) is 22.6 Å². The fourth-order valence-corrected chi connectivity index (χ4v) is 6.32. The molecule has 0 fully saturated rings. The number of fused-ring (bicyclic) bond motifs is 3. The molecule has 48 heavy (non-hydrogen) atoms. The van der Waals surface area contributed by atoms with Crippen molar-refractivity contribution >= 4 is 28.0 Å². The van der Waals surface area contributed by atoms with Crippen LogP contribution >= 0.6 is 24.8 Å². The van der Waals surface area contributed by atoms with E-state index in [0.717, 1.165) is 35.5 Å². The van der Waals surface area contributed by atoms with Gasteiger partial charge < -0.3 is 0 Å². The summed E-state index contributed by atoms with van der Waals surface area (Å²) in [5, 5.41) is 0. The fraction of sp³-hybridized carbons (Fsp3) is 0.326. The first-order chi connectivity index (χ1) is 21.7. The van der Waals surface area contributed by atoms with Crippen molar-refractivity contribution < 1.29 is 33.7 Å². The number of hydrogen-bond acceptors (Lipinski definition) is 2. The van der Waals surface area contributed by atoms with Crippen LogP contribution in [0.15, 0.2) is 85.0 Å². The monoisotopic (exact) mass is 758 g/mol. The number of allylic oxidation sites excluding steroid dienone is 4. The van der Waals surface area contributed by atoms with Crippen molar-refractivity contribution in [2.75, 3.05) is 14.2 Å². The van der Waals surface area contributed by atoms with Crippen LogP contribution in [0, 0.1) is 26.0 Å². The topological polar surface area (TPSA) is 18.5 Å². The van der Waals surface area contributed by atoms with Crippen LogP contribution in [-0.2, 0) is 41.5 Å². The van der Waals surface area contributed by atoms with E-state index in [-0.39, 0.29) is 35.6 Å². The molecule has 0 spiro atoms. The van der Waals surface area contributed by atoms with Crippen LogP contribution in [0.1, 0.15) is 92.5 Å². The third kappa shape index (κ3) is 10.4. The average molecular weight is 761 g/mol. The summed E-state index contributed by atoms with van der Waals surface area (Å²) < 4.78 is 12.0. The molecule has 252 valence electrons. The fourth-order valence-electron chi connectivity index (χ4n) is 5.56. The van der Waals surface area contributed by atoms with Gasteiger partial charge in [-0.15, -0.1) is 36.8 Å². The van der Waals surface area contributed by atoms with Gasteiger partial charge in [-0.2, -0.15) is 35.4 Å². The standard InChI is InChI=1S/C21H25.C17H18O2.C5H5.2ClH.Zr/c1-20(2,3)16-9-7-14-11-15-8-10-17(21(4,5)6)13-19(15)18(14)12-16;1-12-9-14(5-7-16(12)18-3)11-15-6-8-17(19-4)13(2)10-15;1-2-4-5-3-1;;;/h7,9-10,12-13H,11H2,1-6H3;5-10H,1-4H3;1-3H,4H2;2*1H;/q-1;;-1;;;+2. The summed E-state index contributed by atoms with van der Waals surface area (Å²) in [5.74, 6) is 1.87. The number of aryl methyl sites for hydroxylation is 2. The van der Waals surface area contributed by atoms with Crippen molar-refractivity contribution in [3.05, 3.63) is 142 Å². The van der Waals surface area contributed by atoms with E-state index < -0.39 is 0 Å². The number of methoxy groups -OCH3 is 2. The molecule has 0 unspecified atom stereocenters. The van der Waals surface area contributed by atoms with Gasteiger partial charge in [0.25, 0.3) is 0 Å². The summed E-state index contributed by atoms with van der Waals surface area (Å²) in [5.41, 5.74) is 13.6. The molecule has 4 aromatic rings. The van der Waals surface area contributed by atoms with Crippen LogP contribution < -0.4 is 9.47 Å². The maximum atomic E-state index is 5.32. The molecule has 2 nitrogen and oxygen atoms in total. The minimum absolute atomic E-state index is 0. The summed E-state index contributed by atoms with van der Waals surface area (Å²) in [7, 11) is 3.41. The maximum absolute atomic E-state index is 5.32. The minimum Gasteiger partial charge on any atom is -0.273 e. The van der Waals surface area contributed by atoms with Gasteiger partial charge in [0.15, 0.2) is 0 Å². The third-order valence-electron chi connectivity index (χ3n) is 8.48. The van der Waals surface area contributed by atoms with E-state index in [9.17, 15) is 0 Å². The summed E-state index contributed by atoms with van der Waals surface area (Å²) in [6, 6.07) is 27.7. The summed E-state index contributed by atoms with van der Waals surface area (Å²) in [6.45, 7) is 17.8. The van der Waals surface area contributed by atoms with E-state index in [1.165, 1.54) is 71.9 Å². The molecule has 0 aliphatic heterocycles. The zero-order chi connectivity index (χ0) is 33.6. The van der Waals surface area contributed by atoms with Crippen LogP contribution in [0.3, 0.4) is 0 Å². The Morgan fingerprint density at radius 3 is 1.67 bits per heavy atom. The Morgan fingerprint density at radius 1 is 0.708 bits per heavy atom. The Morgan fingerprint density at radius 2 is 1.25 bits per heavy atom. The summed E-state index contributed by atoms with van der Waals surface area (Å²) in [4.78, 5) is 0. The van der Waals surface area contributed by atoms with Gasteiger partial charge in [-0.25, -0.2) is 12.2 Å². The first-order valence-corrected chi connectivity index (χ1v) is 17.2. The molecular weight excluding hydrogens is 711 g/mol. The zero-order valence-corrected chi connectivity index (χ0v) is 34.2. The van der Waals surface area contributed by atoms with Crippen LogP contribution in [0.5, 0.6) is 11.5 Å². The van der Waals surface area contributed by atoms with Gasteiger partial charge in [-0.3, -0.25) is 6.08 Å². The SMILES string of the molecule is CC(C)(C)c1c[c-]c2c(c1)-c1cc(C(C)(C)C)ccc1C2.COc1ccc([C](=[Zr+2])c2ccc(OC)c(C)c2)cc1C.Cl.Cl.[C-]1=CC=CC1. The van der Waals surface area contributed by atoms with Crippen molar-refractivity contribution in [1.29, 1.82) is 0 Å². The maximum Gasteiger partial charge on any atom is -0.109 e. The van der Waals surface area contributed by atoms with E-state index in [1.54, 1.807) is 14.2 Å². The van der Waals surface area contributed by atoms with Gasteiger partial charge in [0.2, 0.25) is 0 Å². The van der Waals surface area contributed by atoms with Crippen LogP contribution in [0.4, 0.5) is 0 Å². The quantitative estimate of drug-likeness (QED) is 0.170. The van der Waals surface area contributed by atoms with E-state index in [2.05, 4.69) is 128 Å². The molecule has 2 aliphatic carbocycles. The number of halogens is 2. The van der Waals surface area contributed by atoms with E-state index in [0.29, 0.717) is 0 Å². The van der Waals surface area contributed by atoms with Crippen LogP contribution in [-0.4, -0.2) is 17.4 Å². The second-order valence-electron chi connectivity index (χ2n) is 14.1. The molecule has 0 N–H and O–H groups in total. The average Bonchev–Trinajstić information content (AvgIpc) is 3.71. The second-order valence-corrected chi connectivity index (χ2v) is 15.3. The molecule has 2 aliphatic rings. The Kier molecular flexibility index (Phi) is 15.4. The molecule has 0 atom stereocenters. The van der Waals surface area contributed by atoms with Crippen LogP contribution in [0.25, 0.3) is 11.1 Å². The van der Waals surface area contributed by atoms with E-state index in [4.69, 9.17) is 9.47 Å². The molecule has 0 aromatic heterocycles. The molecular formula is C43H50Cl2O2Zr. The molecule has 0 saturated carbocycles. The smallest absolute Gasteiger partial charge is 0.109 e. The van der Waals surface area contributed by atoms with Gasteiger partial charge in [0.1, 0.15) is 0 Å². The largest absolute Gasteiger partial charge is 0.273 e. The summed E-state index contributed by atoms with van der Waals surface area (Å²) >= 11 is 1.40. The van der Waals surface area contributed by atoms with Crippen molar-refractivity contribution in [3.63, 3.8) is 0 Å². The number of hydrogen-bond donors (Lipinski definition) is 0. The van der Waals surface area contributed by atoms with Crippen molar-refractivity contribution in [2.45, 2.75) is 79.1 Å². The van der Waals surface area contributed by atoms with Crippen molar-refractivity contribution in [2.24, 2.45) is 0 Å². The van der Waals surface area contributed by atoms with E-state index >= 15 is 0 Å². The predicted molar refractivity (Wildman–Crippen MR) is 206 cm³/mol. The molecule has 0 amide bonds. The molecule has 0 radical (unpaired) electrons. The first-order valence-electron chi connectivity index (χ1n) is 16.0. The van der Waals surface area contributed by atoms with Crippen molar-refractivity contribution in [1.82, 2.24) is 0 Å². The third-order valence-corrected chi connectivity index (χ3v) is 9.90. The molecule has 4 aromatic carbocycles. The Hall–Kier alpha value is -2.71. The van der Waals surface area contributed by atoms with Gasteiger partial charge in [-0.05, 0) is 17.4 Å². The zero-order valence-electron chi connectivity index (χ0n) is 30.1. The van der Waals surface area contributed by atoms with Gasteiger partial charge in [0, 0.05) is 0 Å². The number of ether oxygens (including phenoxy) is 2. The predicted octanol–water partition coefficient (Wildman–Crippen LogP) is 11.2. The Labute approximate surface area is 317 Å². The number of benzene rings is 4. The molecule has 0 heterocycles. The molecule has 0 bridgehead atoms. The molecule has 0 saturated heterocycles. The summed E-state index contributed by atoms with van der Waals surface area (Å²) in [6.07, 6.45) is 11.0. The second kappa shape index (κ2) is 17.8. The minimum atomic E-state index is 0. The number of rotatable bonds is 4.